The van der Waals surface area contributed by atoms with E-state index in [4.69, 9.17) is 0 Å². The van der Waals surface area contributed by atoms with Crippen molar-refractivity contribution < 1.29 is 4.39 Å². The molecule has 2 rings (SSSR count). The molecule has 1 aromatic rings. The molecular weight excluding hydrogens is 239 g/mol. The second-order valence-electron chi connectivity index (χ2n) is 5.75. The van der Waals surface area contributed by atoms with Crippen LogP contribution in [0.2, 0.25) is 0 Å². The number of hydrogen-bond donors (Lipinski definition) is 1. The highest BCUT2D eigenvalue weighted by Gasteiger charge is 2.23. The van der Waals surface area contributed by atoms with Crippen molar-refractivity contribution in [2.45, 2.75) is 39.7 Å². The quantitative estimate of drug-likeness (QED) is 0.892. The first kappa shape index (κ1) is 14.3. The third-order valence-electron chi connectivity index (χ3n) is 4.13. The minimum Gasteiger partial charge on any atom is -0.382 e. The summed E-state index contributed by atoms with van der Waals surface area (Å²) in [6, 6.07) is 5.55. The Morgan fingerprint density at radius 3 is 2.89 bits per heavy atom. The summed E-state index contributed by atoms with van der Waals surface area (Å²) < 4.78 is 13.4. The van der Waals surface area contributed by atoms with E-state index in [9.17, 15) is 4.39 Å². The molecule has 0 spiro atoms. The van der Waals surface area contributed by atoms with E-state index in [-0.39, 0.29) is 5.82 Å². The molecular formula is C16H25FN2. The first-order chi connectivity index (χ1) is 9.08. The van der Waals surface area contributed by atoms with Crippen LogP contribution in [-0.4, -0.2) is 30.6 Å². The summed E-state index contributed by atoms with van der Waals surface area (Å²) in [6.45, 7) is 9.86. The molecule has 1 N–H and O–H groups in total. The third kappa shape index (κ3) is 3.93. The largest absolute Gasteiger partial charge is 0.382 e. The second-order valence-corrected chi connectivity index (χ2v) is 5.75. The van der Waals surface area contributed by atoms with E-state index >= 15 is 0 Å². The van der Waals surface area contributed by atoms with Crippen molar-refractivity contribution in [1.29, 1.82) is 0 Å². The zero-order valence-electron chi connectivity index (χ0n) is 12.2. The minimum atomic E-state index is -0.159. The van der Waals surface area contributed by atoms with Crippen LogP contribution >= 0.6 is 0 Å². The van der Waals surface area contributed by atoms with Gasteiger partial charge in [-0.2, -0.15) is 0 Å². The number of anilines is 1. The summed E-state index contributed by atoms with van der Waals surface area (Å²) in [5, 5.41) is 3.47. The Labute approximate surface area is 116 Å². The van der Waals surface area contributed by atoms with E-state index < -0.39 is 0 Å². The number of benzene rings is 1. The molecule has 2 nitrogen and oxygen atoms in total. The van der Waals surface area contributed by atoms with Crippen LogP contribution in [0.25, 0.3) is 0 Å². The lowest BCUT2D eigenvalue weighted by atomic mass is 9.91. The van der Waals surface area contributed by atoms with Crippen LogP contribution in [0.3, 0.4) is 0 Å². The summed E-state index contributed by atoms with van der Waals surface area (Å²) >= 11 is 0. The van der Waals surface area contributed by atoms with Gasteiger partial charge in [-0.05, 0) is 69.5 Å². The second kappa shape index (κ2) is 6.38. The molecule has 0 aliphatic carbocycles. The SMILES string of the molecule is CCN1CCCC(C(C)Nc2cc(C)cc(F)c2)C1. The molecule has 3 heteroatoms. The normalized spacial score (nSPS) is 22.2. The van der Waals surface area contributed by atoms with Crippen molar-refractivity contribution in [3.05, 3.63) is 29.6 Å². The maximum absolute atomic E-state index is 13.4. The molecule has 1 heterocycles. The zero-order chi connectivity index (χ0) is 13.8. The Morgan fingerprint density at radius 1 is 1.42 bits per heavy atom. The molecule has 0 aromatic heterocycles. The highest BCUT2D eigenvalue weighted by molar-refractivity contribution is 5.46. The lowest BCUT2D eigenvalue weighted by Crippen LogP contribution is -2.41. The first-order valence-corrected chi connectivity index (χ1v) is 7.34. The maximum Gasteiger partial charge on any atom is 0.125 e. The molecule has 2 atom stereocenters. The van der Waals surface area contributed by atoms with Gasteiger partial charge in [0.2, 0.25) is 0 Å². The fraction of sp³-hybridized carbons (Fsp3) is 0.625. The van der Waals surface area contributed by atoms with Crippen LogP contribution in [0.1, 0.15) is 32.3 Å². The predicted octanol–water partition coefficient (Wildman–Crippen LogP) is 3.67. The molecule has 1 aromatic carbocycles. The van der Waals surface area contributed by atoms with E-state index in [2.05, 4.69) is 24.1 Å². The molecule has 0 bridgehead atoms. The first-order valence-electron chi connectivity index (χ1n) is 7.34. The molecule has 106 valence electrons. The molecule has 19 heavy (non-hydrogen) atoms. The Morgan fingerprint density at radius 2 is 2.21 bits per heavy atom. The highest BCUT2D eigenvalue weighted by atomic mass is 19.1. The van der Waals surface area contributed by atoms with E-state index in [0.717, 1.165) is 24.3 Å². The predicted molar refractivity (Wildman–Crippen MR) is 79.1 cm³/mol. The Bertz CT molecular complexity index is 399. The molecule has 1 aliphatic rings. The van der Waals surface area contributed by atoms with E-state index in [1.807, 2.05) is 13.0 Å². The summed E-state index contributed by atoms with van der Waals surface area (Å²) in [7, 11) is 0. The number of aryl methyl sites for hydroxylation is 1. The van der Waals surface area contributed by atoms with E-state index in [1.54, 1.807) is 12.1 Å². The van der Waals surface area contributed by atoms with Gasteiger partial charge in [0.05, 0.1) is 0 Å². The van der Waals surface area contributed by atoms with Gasteiger partial charge in [-0.3, -0.25) is 0 Å². The average Bonchev–Trinajstić information content (AvgIpc) is 2.37. The topological polar surface area (TPSA) is 15.3 Å². The monoisotopic (exact) mass is 264 g/mol. The summed E-state index contributed by atoms with van der Waals surface area (Å²) in [6.07, 6.45) is 2.53. The Kier molecular flexibility index (Phi) is 4.81. The van der Waals surface area contributed by atoms with Gasteiger partial charge in [0.15, 0.2) is 0 Å². The van der Waals surface area contributed by atoms with Crippen molar-refractivity contribution in [3.8, 4) is 0 Å². The molecule has 2 unspecified atom stereocenters. The van der Waals surface area contributed by atoms with Crippen LogP contribution in [0.15, 0.2) is 18.2 Å². The summed E-state index contributed by atoms with van der Waals surface area (Å²) in [5.74, 6) is 0.491. The highest BCUT2D eigenvalue weighted by Crippen LogP contribution is 2.23. The van der Waals surface area contributed by atoms with Crippen molar-refractivity contribution in [1.82, 2.24) is 4.90 Å². The van der Waals surface area contributed by atoms with E-state index in [0.29, 0.717) is 12.0 Å². The van der Waals surface area contributed by atoms with Gasteiger partial charge < -0.3 is 10.2 Å². The number of rotatable bonds is 4. The number of nitrogens with zero attached hydrogens (tertiary/aromatic N) is 1. The van der Waals surface area contributed by atoms with Gasteiger partial charge in [0.1, 0.15) is 5.82 Å². The number of piperidine rings is 1. The Balaban J connectivity index is 1.98. The lowest BCUT2D eigenvalue weighted by Gasteiger charge is -2.35. The van der Waals surface area contributed by atoms with Crippen LogP contribution in [-0.2, 0) is 0 Å². The van der Waals surface area contributed by atoms with Gasteiger partial charge in [-0.1, -0.05) is 6.92 Å². The maximum atomic E-state index is 13.4. The van der Waals surface area contributed by atoms with Gasteiger partial charge in [-0.15, -0.1) is 0 Å². The van der Waals surface area contributed by atoms with Crippen molar-refractivity contribution in [2.24, 2.45) is 5.92 Å². The van der Waals surface area contributed by atoms with Crippen LogP contribution in [0, 0.1) is 18.7 Å². The smallest absolute Gasteiger partial charge is 0.125 e. The fourth-order valence-electron chi connectivity index (χ4n) is 2.99. The van der Waals surface area contributed by atoms with Crippen molar-refractivity contribution in [2.75, 3.05) is 25.0 Å². The van der Waals surface area contributed by atoms with Gasteiger partial charge in [-0.25, -0.2) is 4.39 Å². The summed E-state index contributed by atoms with van der Waals surface area (Å²) in [5.41, 5.74) is 1.87. The molecule has 1 saturated heterocycles. The van der Waals surface area contributed by atoms with Gasteiger partial charge in [0, 0.05) is 18.3 Å². The standard InChI is InChI=1S/C16H25FN2/c1-4-19-7-5-6-14(11-19)13(3)18-16-9-12(2)8-15(17)10-16/h8-10,13-14,18H,4-7,11H2,1-3H3. The molecule has 0 saturated carbocycles. The molecule has 1 fully saturated rings. The number of nitrogens with one attached hydrogen (secondary N) is 1. The minimum absolute atomic E-state index is 0.159. The Hall–Kier alpha value is -1.09. The van der Waals surface area contributed by atoms with Crippen molar-refractivity contribution in [3.63, 3.8) is 0 Å². The number of hydrogen-bond acceptors (Lipinski definition) is 2. The number of likely N-dealkylation sites (tertiary alicyclic amines) is 1. The zero-order valence-corrected chi connectivity index (χ0v) is 12.2. The van der Waals surface area contributed by atoms with Gasteiger partial charge in [0.25, 0.3) is 0 Å². The van der Waals surface area contributed by atoms with E-state index in [1.165, 1.54) is 19.4 Å². The third-order valence-corrected chi connectivity index (χ3v) is 4.13. The number of halogens is 1. The van der Waals surface area contributed by atoms with Crippen LogP contribution in [0.5, 0.6) is 0 Å². The average molecular weight is 264 g/mol. The lowest BCUT2D eigenvalue weighted by molar-refractivity contribution is 0.172. The molecule has 0 amide bonds. The van der Waals surface area contributed by atoms with Gasteiger partial charge >= 0.3 is 0 Å². The fourth-order valence-corrected chi connectivity index (χ4v) is 2.99. The van der Waals surface area contributed by atoms with Crippen LogP contribution in [0.4, 0.5) is 10.1 Å². The van der Waals surface area contributed by atoms with Crippen molar-refractivity contribution >= 4 is 5.69 Å². The van der Waals surface area contributed by atoms with Crippen LogP contribution < -0.4 is 5.32 Å². The molecule has 0 radical (unpaired) electrons. The summed E-state index contributed by atoms with van der Waals surface area (Å²) in [4.78, 5) is 2.50. The molecule has 1 aliphatic heterocycles.